The maximum absolute atomic E-state index is 11.1. The van der Waals surface area contributed by atoms with Gasteiger partial charge in [-0.1, -0.05) is 6.07 Å². The van der Waals surface area contributed by atoms with E-state index in [9.17, 15) is 8.42 Å². The lowest BCUT2D eigenvalue weighted by molar-refractivity contribution is 0.292. The number of nitrogens with zero attached hydrogens (tertiary/aromatic N) is 3. The van der Waals surface area contributed by atoms with E-state index in [0.29, 0.717) is 41.8 Å². The average Bonchev–Trinajstić information content (AvgIpc) is 2.73. The van der Waals surface area contributed by atoms with Crippen LogP contribution < -0.4 is 16.2 Å². The lowest BCUT2D eigenvalue weighted by atomic mass is 10.2. The van der Waals surface area contributed by atoms with Gasteiger partial charge in [-0.3, -0.25) is 20.4 Å². The van der Waals surface area contributed by atoms with Crippen molar-refractivity contribution in [1.29, 1.82) is 0 Å². The average molecular weight is 416 g/mol. The fourth-order valence-electron chi connectivity index (χ4n) is 2.36. The highest BCUT2D eigenvalue weighted by Crippen LogP contribution is 2.20. The van der Waals surface area contributed by atoms with Crippen LogP contribution in [0.15, 0.2) is 59.6 Å². The van der Waals surface area contributed by atoms with E-state index in [-0.39, 0.29) is 11.5 Å². The normalized spacial score (nSPS) is 11.1. The standard InChI is InChI=1S/C18H20N6O4S/c25-11-3-10-20-18-21-16(15-4-1-2-9-19-15)12-17(22-18)24-23-13-5-7-14(8-6-13)29(26,27)28/h1-2,4-9,12,23,25H,3,10-11H2,(H,26,27,28)(H2,20,21,22,24). The van der Waals surface area contributed by atoms with Crippen molar-refractivity contribution in [2.45, 2.75) is 11.3 Å². The van der Waals surface area contributed by atoms with Crippen LogP contribution in [0, 0.1) is 0 Å². The van der Waals surface area contributed by atoms with Gasteiger partial charge in [-0.25, -0.2) is 4.98 Å². The Morgan fingerprint density at radius 1 is 0.966 bits per heavy atom. The zero-order valence-electron chi connectivity index (χ0n) is 15.3. The Bertz CT molecular complexity index is 1050. The van der Waals surface area contributed by atoms with Crippen LogP contribution in [0.2, 0.25) is 0 Å². The second-order valence-electron chi connectivity index (χ2n) is 5.93. The Morgan fingerprint density at radius 2 is 1.76 bits per heavy atom. The molecule has 0 aliphatic heterocycles. The van der Waals surface area contributed by atoms with Crippen molar-refractivity contribution >= 4 is 27.6 Å². The van der Waals surface area contributed by atoms with Crippen LogP contribution in [0.4, 0.5) is 17.5 Å². The van der Waals surface area contributed by atoms with Gasteiger partial charge in [0.15, 0.2) is 5.82 Å². The first-order valence-corrected chi connectivity index (χ1v) is 10.1. The molecule has 1 aromatic carbocycles. The molecule has 2 aromatic heterocycles. The maximum Gasteiger partial charge on any atom is 0.294 e. The minimum absolute atomic E-state index is 0.0547. The van der Waals surface area contributed by atoms with E-state index >= 15 is 0 Å². The van der Waals surface area contributed by atoms with E-state index in [0.717, 1.165) is 0 Å². The molecule has 11 heteroatoms. The number of benzene rings is 1. The van der Waals surface area contributed by atoms with Gasteiger partial charge in [-0.2, -0.15) is 13.4 Å². The number of hydrogen-bond donors (Lipinski definition) is 5. The SMILES string of the molecule is O=S(=O)(O)c1ccc(NNc2cc(-c3ccccn3)nc(NCCCO)n2)cc1. The van der Waals surface area contributed by atoms with Gasteiger partial charge < -0.3 is 10.4 Å². The Hall–Kier alpha value is -3.28. The molecule has 152 valence electrons. The highest BCUT2D eigenvalue weighted by Gasteiger charge is 2.10. The third-order valence-electron chi connectivity index (χ3n) is 3.76. The summed E-state index contributed by atoms with van der Waals surface area (Å²) in [4.78, 5) is 12.9. The van der Waals surface area contributed by atoms with Crippen molar-refractivity contribution in [3.63, 3.8) is 0 Å². The van der Waals surface area contributed by atoms with E-state index in [4.69, 9.17) is 9.66 Å². The summed E-state index contributed by atoms with van der Waals surface area (Å²) < 4.78 is 31.3. The molecule has 0 unspecified atom stereocenters. The summed E-state index contributed by atoms with van der Waals surface area (Å²) in [5.74, 6) is 0.818. The van der Waals surface area contributed by atoms with Gasteiger partial charge in [-0.15, -0.1) is 0 Å². The van der Waals surface area contributed by atoms with Gasteiger partial charge in [0, 0.05) is 25.4 Å². The molecule has 0 atom stereocenters. The second kappa shape index (κ2) is 9.28. The molecule has 5 N–H and O–H groups in total. The van der Waals surface area contributed by atoms with Crippen molar-refractivity contribution < 1.29 is 18.1 Å². The maximum atomic E-state index is 11.1. The molecular formula is C18H20N6O4S. The van der Waals surface area contributed by atoms with Gasteiger partial charge >= 0.3 is 0 Å². The molecule has 29 heavy (non-hydrogen) atoms. The molecule has 2 heterocycles. The summed E-state index contributed by atoms with van der Waals surface area (Å²) in [5.41, 5.74) is 7.66. The van der Waals surface area contributed by atoms with Gasteiger partial charge in [0.25, 0.3) is 10.1 Å². The molecular weight excluding hydrogens is 396 g/mol. The van der Waals surface area contributed by atoms with E-state index < -0.39 is 10.1 Å². The molecule has 10 nitrogen and oxygen atoms in total. The van der Waals surface area contributed by atoms with Crippen LogP contribution in [-0.2, 0) is 10.1 Å². The van der Waals surface area contributed by atoms with E-state index in [2.05, 4.69) is 31.1 Å². The van der Waals surface area contributed by atoms with Crippen LogP contribution in [0.5, 0.6) is 0 Å². The van der Waals surface area contributed by atoms with E-state index in [1.807, 2.05) is 18.2 Å². The van der Waals surface area contributed by atoms with Gasteiger partial charge in [-0.05, 0) is 42.8 Å². The van der Waals surface area contributed by atoms with Crippen molar-refractivity contribution in [1.82, 2.24) is 15.0 Å². The summed E-state index contributed by atoms with van der Waals surface area (Å²) in [6, 6.07) is 12.7. The molecule has 0 saturated carbocycles. The number of aliphatic hydroxyl groups excluding tert-OH is 1. The fraction of sp³-hybridized carbons (Fsp3) is 0.167. The quantitative estimate of drug-likeness (QED) is 0.199. The predicted octanol–water partition coefficient (Wildman–Crippen LogP) is 2.02. The summed E-state index contributed by atoms with van der Waals surface area (Å²) in [6.07, 6.45) is 2.22. The number of hydrogen-bond acceptors (Lipinski definition) is 9. The lowest BCUT2D eigenvalue weighted by Gasteiger charge is -2.12. The molecule has 0 fully saturated rings. The Morgan fingerprint density at radius 3 is 2.41 bits per heavy atom. The number of nitrogens with one attached hydrogen (secondary N) is 3. The second-order valence-corrected chi connectivity index (χ2v) is 7.35. The number of anilines is 3. The van der Waals surface area contributed by atoms with Crippen molar-refractivity contribution in [3.8, 4) is 11.4 Å². The number of aliphatic hydroxyl groups is 1. The number of aromatic nitrogens is 3. The van der Waals surface area contributed by atoms with Crippen LogP contribution in [0.1, 0.15) is 6.42 Å². The first-order chi connectivity index (χ1) is 14.0. The minimum atomic E-state index is -4.24. The van der Waals surface area contributed by atoms with Crippen LogP contribution in [-0.4, -0.2) is 46.2 Å². The molecule has 0 aliphatic rings. The smallest absolute Gasteiger partial charge is 0.294 e. The highest BCUT2D eigenvalue weighted by atomic mass is 32.2. The molecule has 0 amide bonds. The largest absolute Gasteiger partial charge is 0.396 e. The van der Waals surface area contributed by atoms with Gasteiger partial charge in [0.1, 0.15) is 0 Å². The molecule has 0 bridgehead atoms. The number of hydrazine groups is 1. The highest BCUT2D eigenvalue weighted by molar-refractivity contribution is 7.85. The first-order valence-electron chi connectivity index (χ1n) is 8.70. The van der Waals surface area contributed by atoms with E-state index in [1.165, 1.54) is 24.3 Å². The molecule has 3 aromatic rings. The monoisotopic (exact) mass is 416 g/mol. The van der Waals surface area contributed by atoms with Crippen molar-refractivity contribution in [2.24, 2.45) is 0 Å². The Kier molecular flexibility index (Phi) is 6.54. The third-order valence-corrected chi connectivity index (χ3v) is 4.63. The van der Waals surface area contributed by atoms with E-state index in [1.54, 1.807) is 12.3 Å². The Balaban J connectivity index is 1.79. The van der Waals surface area contributed by atoms with Crippen molar-refractivity contribution in [2.75, 3.05) is 29.3 Å². The van der Waals surface area contributed by atoms with Gasteiger partial charge in [0.2, 0.25) is 5.95 Å². The van der Waals surface area contributed by atoms with Crippen LogP contribution >= 0.6 is 0 Å². The first kappa shape index (κ1) is 20.5. The fourth-order valence-corrected chi connectivity index (χ4v) is 2.84. The topological polar surface area (TPSA) is 149 Å². The lowest BCUT2D eigenvalue weighted by Crippen LogP contribution is -2.13. The zero-order valence-corrected chi connectivity index (χ0v) is 16.1. The van der Waals surface area contributed by atoms with Crippen LogP contribution in [0.25, 0.3) is 11.4 Å². The summed E-state index contributed by atoms with van der Waals surface area (Å²) >= 11 is 0. The summed E-state index contributed by atoms with van der Waals surface area (Å²) in [6.45, 7) is 0.561. The van der Waals surface area contributed by atoms with Gasteiger partial charge in [0.05, 0.1) is 22.0 Å². The minimum Gasteiger partial charge on any atom is -0.396 e. The molecule has 0 aliphatic carbocycles. The zero-order chi connectivity index (χ0) is 20.7. The predicted molar refractivity (Wildman–Crippen MR) is 109 cm³/mol. The van der Waals surface area contributed by atoms with Crippen molar-refractivity contribution in [3.05, 3.63) is 54.7 Å². The summed E-state index contributed by atoms with van der Waals surface area (Å²) in [5, 5.41) is 12.0. The van der Waals surface area contributed by atoms with Crippen LogP contribution in [0.3, 0.4) is 0 Å². The number of pyridine rings is 1. The molecule has 0 saturated heterocycles. The third kappa shape index (κ3) is 5.85. The summed E-state index contributed by atoms with van der Waals surface area (Å²) in [7, 11) is -4.24. The molecule has 3 rings (SSSR count). The number of rotatable bonds is 9. The molecule has 0 radical (unpaired) electrons. The Labute approximate surface area is 167 Å². The molecule has 0 spiro atoms.